The molecule has 18 heavy (non-hydrogen) atoms. The lowest BCUT2D eigenvalue weighted by atomic mass is 9.98. The van der Waals surface area contributed by atoms with E-state index in [0.717, 1.165) is 6.04 Å². The number of hydrogen-bond acceptors (Lipinski definition) is 4. The van der Waals surface area contributed by atoms with Gasteiger partial charge in [0.1, 0.15) is 5.73 Å². The molecule has 1 rings (SSSR count). The molecule has 0 bridgehead atoms. The number of hydrogen-bond donors (Lipinski definition) is 1. The molecule has 2 unspecified atom stereocenters. The van der Waals surface area contributed by atoms with Crippen molar-refractivity contribution in [1.82, 2.24) is 5.32 Å². The van der Waals surface area contributed by atoms with Crippen molar-refractivity contribution in [2.45, 2.75) is 44.4 Å². The molecule has 0 aliphatic carbocycles. The van der Waals surface area contributed by atoms with Gasteiger partial charge in [-0.05, 0) is 38.9 Å². The van der Waals surface area contributed by atoms with Crippen LogP contribution < -0.4 is 5.32 Å². The average Bonchev–Trinajstić information content (AvgIpc) is 2.39. The van der Waals surface area contributed by atoms with Gasteiger partial charge in [0.05, 0.1) is 0 Å². The Kier molecular flexibility index (Phi) is 9.95. The SMILES string of the molecule is CCCC1CCC[Si](OC)(OC)C1OC.CNC. The first-order chi connectivity index (χ1) is 8.65. The van der Waals surface area contributed by atoms with Crippen LogP contribution in [0.5, 0.6) is 0 Å². The fourth-order valence-electron chi connectivity index (χ4n) is 2.82. The fourth-order valence-corrected chi connectivity index (χ4v) is 6.25. The first kappa shape index (κ1) is 18.1. The molecule has 0 spiro atoms. The van der Waals surface area contributed by atoms with E-state index in [-0.39, 0.29) is 5.73 Å². The Labute approximate surface area is 114 Å². The van der Waals surface area contributed by atoms with Crippen LogP contribution in [0.3, 0.4) is 0 Å². The third-order valence-electron chi connectivity index (χ3n) is 3.57. The van der Waals surface area contributed by atoms with Crippen LogP contribution in [0.25, 0.3) is 0 Å². The summed E-state index contributed by atoms with van der Waals surface area (Å²) in [6.07, 6.45) is 4.91. The maximum atomic E-state index is 5.70. The van der Waals surface area contributed by atoms with Gasteiger partial charge < -0.3 is 18.9 Å². The molecule has 0 amide bonds. The van der Waals surface area contributed by atoms with E-state index in [1.807, 2.05) is 14.1 Å². The lowest BCUT2D eigenvalue weighted by molar-refractivity contribution is 0.0398. The molecule has 1 saturated heterocycles. The van der Waals surface area contributed by atoms with Crippen LogP contribution in [-0.4, -0.2) is 49.7 Å². The van der Waals surface area contributed by atoms with Gasteiger partial charge >= 0.3 is 8.56 Å². The van der Waals surface area contributed by atoms with Crippen molar-refractivity contribution in [3.05, 3.63) is 0 Å². The molecule has 110 valence electrons. The van der Waals surface area contributed by atoms with Crippen molar-refractivity contribution in [2.75, 3.05) is 35.4 Å². The molecule has 0 saturated carbocycles. The van der Waals surface area contributed by atoms with Crippen LogP contribution in [0.2, 0.25) is 6.04 Å². The van der Waals surface area contributed by atoms with E-state index in [9.17, 15) is 0 Å². The third-order valence-corrected chi connectivity index (χ3v) is 7.57. The second-order valence-electron chi connectivity index (χ2n) is 4.82. The average molecular weight is 277 g/mol. The normalized spacial score (nSPS) is 26.3. The van der Waals surface area contributed by atoms with Crippen LogP contribution in [-0.2, 0) is 13.6 Å². The molecular formula is C13H31NO3Si. The third kappa shape index (κ3) is 4.62. The molecule has 2 atom stereocenters. The second kappa shape index (κ2) is 9.92. The van der Waals surface area contributed by atoms with Gasteiger partial charge in [-0.3, -0.25) is 0 Å². The minimum absolute atomic E-state index is 0.209. The Hall–Kier alpha value is 0.0569. The van der Waals surface area contributed by atoms with E-state index in [1.54, 1.807) is 21.3 Å². The van der Waals surface area contributed by atoms with Crippen molar-refractivity contribution >= 4 is 8.56 Å². The minimum Gasteiger partial charge on any atom is -0.396 e. The smallest absolute Gasteiger partial charge is 0.367 e. The van der Waals surface area contributed by atoms with Gasteiger partial charge in [-0.25, -0.2) is 0 Å². The van der Waals surface area contributed by atoms with E-state index >= 15 is 0 Å². The van der Waals surface area contributed by atoms with Gasteiger partial charge in [0.15, 0.2) is 0 Å². The molecule has 1 aliphatic heterocycles. The molecule has 0 aromatic heterocycles. The molecular weight excluding hydrogens is 246 g/mol. The lowest BCUT2D eigenvalue weighted by Gasteiger charge is -2.42. The van der Waals surface area contributed by atoms with Gasteiger partial charge in [0.2, 0.25) is 0 Å². The number of ether oxygens (including phenoxy) is 1. The van der Waals surface area contributed by atoms with E-state index < -0.39 is 8.56 Å². The van der Waals surface area contributed by atoms with Gasteiger partial charge in [0.25, 0.3) is 0 Å². The van der Waals surface area contributed by atoms with Crippen LogP contribution >= 0.6 is 0 Å². The summed E-state index contributed by atoms with van der Waals surface area (Å²) < 4.78 is 17.1. The fraction of sp³-hybridized carbons (Fsp3) is 1.00. The van der Waals surface area contributed by atoms with Crippen LogP contribution in [0.15, 0.2) is 0 Å². The maximum Gasteiger partial charge on any atom is 0.367 e. The highest BCUT2D eigenvalue weighted by Crippen LogP contribution is 2.37. The van der Waals surface area contributed by atoms with Crippen molar-refractivity contribution < 1.29 is 13.6 Å². The molecule has 4 nitrogen and oxygen atoms in total. The topological polar surface area (TPSA) is 39.7 Å². The number of nitrogens with one attached hydrogen (secondary N) is 1. The Balaban J connectivity index is 0.000000873. The molecule has 0 aromatic rings. The summed E-state index contributed by atoms with van der Waals surface area (Å²) in [6.45, 7) is 2.23. The van der Waals surface area contributed by atoms with Crippen molar-refractivity contribution in [1.29, 1.82) is 0 Å². The first-order valence-corrected chi connectivity index (χ1v) is 8.97. The monoisotopic (exact) mass is 277 g/mol. The van der Waals surface area contributed by atoms with Crippen LogP contribution in [0, 0.1) is 5.92 Å². The Bertz CT molecular complexity index is 199. The van der Waals surface area contributed by atoms with Gasteiger partial charge in [-0.2, -0.15) is 0 Å². The summed E-state index contributed by atoms with van der Waals surface area (Å²) in [5.74, 6) is 0.625. The molecule has 0 radical (unpaired) electrons. The molecule has 1 fully saturated rings. The highest BCUT2D eigenvalue weighted by Gasteiger charge is 2.50. The van der Waals surface area contributed by atoms with Crippen LogP contribution in [0.1, 0.15) is 32.6 Å². The molecule has 0 aromatic carbocycles. The molecule has 1 aliphatic rings. The Morgan fingerprint density at radius 2 is 1.72 bits per heavy atom. The molecule has 1 N–H and O–H groups in total. The van der Waals surface area contributed by atoms with Crippen molar-refractivity contribution in [2.24, 2.45) is 5.92 Å². The van der Waals surface area contributed by atoms with Gasteiger partial charge in [0, 0.05) is 21.3 Å². The maximum absolute atomic E-state index is 5.70. The van der Waals surface area contributed by atoms with E-state index in [4.69, 9.17) is 13.6 Å². The zero-order valence-electron chi connectivity index (χ0n) is 12.9. The predicted octanol–water partition coefficient (Wildman–Crippen LogP) is 2.32. The standard InChI is InChI=1S/C11H24O3Si.C2H7N/c1-5-7-10-8-6-9-15(13-3,14-4)11(10)12-2;1-3-2/h10-11H,5-9H2,1-4H3;3H,1-2H3. The van der Waals surface area contributed by atoms with E-state index in [1.165, 1.54) is 25.7 Å². The summed E-state index contributed by atoms with van der Waals surface area (Å²) >= 11 is 0. The highest BCUT2D eigenvalue weighted by atomic mass is 28.4. The second-order valence-corrected chi connectivity index (χ2v) is 8.33. The highest BCUT2D eigenvalue weighted by molar-refractivity contribution is 6.69. The van der Waals surface area contributed by atoms with Gasteiger partial charge in [-0.15, -0.1) is 0 Å². The summed E-state index contributed by atoms with van der Waals surface area (Å²) in [6, 6.07) is 1.07. The summed E-state index contributed by atoms with van der Waals surface area (Å²) in [5.41, 5.74) is 0.209. The Morgan fingerprint density at radius 1 is 1.17 bits per heavy atom. The van der Waals surface area contributed by atoms with Crippen molar-refractivity contribution in [3.63, 3.8) is 0 Å². The summed E-state index contributed by atoms with van der Waals surface area (Å²) in [4.78, 5) is 0. The van der Waals surface area contributed by atoms with E-state index in [0.29, 0.717) is 5.92 Å². The van der Waals surface area contributed by atoms with Crippen LogP contribution in [0.4, 0.5) is 0 Å². The Morgan fingerprint density at radius 3 is 2.11 bits per heavy atom. The van der Waals surface area contributed by atoms with E-state index in [2.05, 4.69) is 12.2 Å². The zero-order valence-corrected chi connectivity index (χ0v) is 13.9. The largest absolute Gasteiger partial charge is 0.396 e. The first-order valence-electron chi connectivity index (χ1n) is 6.87. The summed E-state index contributed by atoms with van der Waals surface area (Å²) in [7, 11) is 7.01. The summed E-state index contributed by atoms with van der Waals surface area (Å²) in [5, 5.41) is 2.75. The van der Waals surface area contributed by atoms with Gasteiger partial charge in [-0.1, -0.05) is 19.8 Å². The molecule has 1 heterocycles. The van der Waals surface area contributed by atoms with Crippen molar-refractivity contribution in [3.8, 4) is 0 Å². The lowest BCUT2D eigenvalue weighted by Crippen LogP contribution is -2.58. The number of methoxy groups -OCH3 is 1. The predicted molar refractivity (Wildman–Crippen MR) is 78.0 cm³/mol. The minimum atomic E-state index is -2.08. The molecule has 5 heteroatoms. The number of rotatable bonds is 5. The zero-order chi connectivity index (χ0) is 14.0. The quantitative estimate of drug-likeness (QED) is 0.783.